The van der Waals surface area contributed by atoms with Gasteiger partial charge in [-0.05, 0) is 36.0 Å². The number of morpholine rings is 1. The zero-order valence-corrected chi connectivity index (χ0v) is 12.8. The number of halogens is 1. The van der Waals surface area contributed by atoms with Crippen LogP contribution in [-0.2, 0) is 9.53 Å². The molecule has 4 heteroatoms. The summed E-state index contributed by atoms with van der Waals surface area (Å²) in [6, 6.07) is 6.55. The fourth-order valence-electron chi connectivity index (χ4n) is 2.79. The number of rotatable bonds is 5. The van der Waals surface area contributed by atoms with E-state index in [1.54, 1.807) is 12.1 Å². The van der Waals surface area contributed by atoms with Crippen LogP contribution in [0.2, 0.25) is 0 Å². The van der Waals surface area contributed by atoms with Gasteiger partial charge in [0.15, 0.2) is 0 Å². The van der Waals surface area contributed by atoms with Crippen molar-refractivity contribution in [1.29, 1.82) is 0 Å². The maximum Gasteiger partial charge on any atom is 0.223 e. The van der Waals surface area contributed by atoms with Crippen molar-refractivity contribution in [2.45, 2.75) is 32.6 Å². The third-order valence-electron chi connectivity index (χ3n) is 3.88. The van der Waals surface area contributed by atoms with Gasteiger partial charge in [-0.3, -0.25) is 4.79 Å². The zero-order valence-electron chi connectivity index (χ0n) is 12.8. The molecular formula is C17H24FNO2. The summed E-state index contributed by atoms with van der Waals surface area (Å²) in [5.41, 5.74) is 1.05. The second kappa shape index (κ2) is 7.55. The summed E-state index contributed by atoms with van der Waals surface area (Å²) in [6.45, 7) is 6.90. The second-order valence-corrected chi connectivity index (χ2v) is 6.08. The van der Waals surface area contributed by atoms with E-state index in [0.717, 1.165) is 12.0 Å². The molecule has 0 N–H and O–H groups in total. The molecule has 0 aromatic heterocycles. The molecule has 1 aliphatic heterocycles. The Kier molecular flexibility index (Phi) is 5.74. The van der Waals surface area contributed by atoms with Crippen molar-refractivity contribution in [3.8, 4) is 0 Å². The Hall–Kier alpha value is -1.42. The van der Waals surface area contributed by atoms with Crippen molar-refractivity contribution < 1.29 is 13.9 Å². The highest BCUT2D eigenvalue weighted by Crippen LogP contribution is 2.28. The van der Waals surface area contributed by atoms with Crippen molar-refractivity contribution in [2.75, 3.05) is 26.3 Å². The van der Waals surface area contributed by atoms with Crippen molar-refractivity contribution in [2.24, 2.45) is 5.92 Å². The molecule has 1 heterocycles. The van der Waals surface area contributed by atoms with Crippen molar-refractivity contribution in [1.82, 2.24) is 4.90 Å². The molecule has 1 aliphatic rings. The lowest BCUT2D eigenvalue weighted by Crippen LogP contribution is -2.41. The summed E-state index contributed by atoms with van der Waals surface area (Å²) >= 11 is 0. The lowest BCUT2D eigenvalue weighted by atomic mass is 9.87. The largest absolute Gasteiger partial charge is 0.378 e. The van der Waals surface area contributed by atoms with Gasteiger partial charge in [-0.25, -0.2) is 4.39 Å². The van der Waals surface area contributed by atoms with E-state index in [9.17, 15) is 9.18 Å². The first kappa shape index (κ1) is 16.0. The molecule has 0 radical (unpaired) electrons. The SMILES string of the molecule is CC(C)CC(CC(=O)N1CCOCC1)c1ccc(F)cc1. The van der Waals surface area contributed by atoms with E-state index in [-0.39, 0.29) is 17.6 Å². The summed E-state index contributed by atoms with van der Waals surface area (Å²) in [4.78, 5) is 14.3. The molecule has 1 unspecified atom stereocenters. The summed E-state index contributed by atoms with van der Waals surface area (Å²) in [5.74, 6) is 0.591. The molecule has 1 amide bonds. The third kappa shape index (κ3) is 4.81. The van der Waals surface area contributed by atoms with Crippen LogP contribution in [0.4, 0.5) is 4.39 Å². The van der Waals surface area contributed by atoms with Gasteiger partial charge in [0.2, 0.25) is 5.91 Å². The molecule has 3 nitrogen and oxygen atoms in total. The van der Waals surface area contributed by atoms with E-state index >= 15 is 0 Å². The van der Waals surface area contributed by atoms with Crippen LogP contribution < -0.4 is 0 Å². The van der Waals surface area contributed by atoms with Crippen LogP contribution in [0.1, 0.15) is 38.2 Å². The Labute approximate surface area is 126 Å². The number of benzene rings is 1. The highest BCUT2D eigenvalue weighted by molar-refractivity contribution is 5.77. The lowest BCUT2D eigenvalue weighted by Gasteiger charge is -2.29. The fourth-order valence-corrected chi connectivity index (χ4v) is 2.79. The molecule has 1 aromatic rings. The van der Waals surface area contributed by atoms with E-state index in [0.29, 0.717) is 38.6 Å². The Balaban J connectivity index is 2.05. The molecule has 0 saturated carbocycles. The minimum Gasteiger partial charge on any atom is -0.378 e. The number of nitrogens with zero attached hydrogens (tertiary/aromatic N) is 1. The van der Waals surface area contributed by atoms with Crippen molar-refractivity contribution >= 4 is 5.91 Å². The molecule has 0 aliphatic carbocycles. The van der Waals surface area contributed by atoms with E-state index in [4.69, 9.17) is 4.74 Å². The van der Waals surface area contributed by atoms with Gasteiger partial charge < -0.3 is 9.64 Å². The van der Waals surface area contributed by atoms with Crippen LogP contribution >= 0.6 is 0 Å². The molecule has 1 saturated heterocycles. The minimum absolute atomic E-state index is 0.154. The first-order chi connectivity index (χ1) is 10.1. The van der Waals surface area contributed by atoms with Crippen LogP contribution in [0, 0.1) is 11.7 Å². The molecular weight excluding hydrogens is 269 g/mol. The third-order valence-corrected chi connectivity index (χ3v) is 3.88. The van der Waals surface area contributed by atoms with Gasteiger partial charge in [0.05, 0.1) is 13.2 Å². The number of amides is 1. The van der Waals surface area contributed by atoms with Gasteiger partial charge in [-0.2, -0.15) is 0 Å². The monoisotopic (exact) mass is 293 g/mol. The predicted molar refractivity (Wildman–Crippen MR) is 80.6 cm³/mol. The normalized spacial score (nSPS) is 17.0. The second-order valence-electron chi connectivity index (χ2n) is 6.08. The van der Waals surface area contributed by atoms with E-state index in [1.165, 1.54) is 12.1 Å². The van der Waals surface area contributed by atoms with E-state index < -0.39 is 0 Å². The van der Waals surface area contributed by atoms with Gasteiger partial charge in [0.25, 0.3) is 0 Å². The van der Waals surface area contributed by atoms with Gasteiger partial charge in [-0.1, -0.05) is 26.0 Å². The zero-order chi connectivity index (χ0) is 15.2. The summed E-state index contributed by atoms with van der Waals surface area (Å²) in [5, 5.41) is 0. The number of hydrogen-bond donors (Lipinski definition) is 0. The van der Waals surface area contributed by atoms with Gasteiger partial charge >= 0.3 is 0 Å². The Morgan fingerprint density at radius 2 is 1.86 bits per heavy atom. The maximum atomic E-state index is 13.1. The number of carbonyl (C=O) groups is 1. The first-order valence-electron chi connectivity index (χ1n) is 7.67. The Morgan fingerprint density at radius 1 is 1.24 bits per heavy atom. The minimum atomic E-state index is -0.235. The van der Waals surface area contributed by atoms with Crippen LogP contribution in [0.5, 0.6) is 0 Å². The molecule has 1 aromatic carbocycles. The van der Waals surface area contributed by atoms with Gasteiger partial charge in [0, 0.05) is 19.5 Å². The highest BCUT2D eigenvalue weighted by Gasteiger charge is 2.22. The molecule has 1 atom stereocenters. The van der Waals surface area contributed by atoms with Crippen molar-refractivity contribution in [3.05, 3.63) is 35.6 Å². The lowest BCUT2D eigenvalue weighted by molar-refractivity contribution is -0.135. The summed E-state index contributed by atoms with van der Waals surface area (Å²) in [7, 11) is 0. The molecule has 116 valence electrons. The molecule has 0 spiro atoms. The highest BCUT2D eigenvalue weighted by atomic mass is 19.1. The van der Waals surface area contributed by atoms with Gasteiger partial charge in [-0.15, -0.1) is 0 Å². The average molecular weight is 293 g/mol. The Bertz CT molecular complexity index is 452. The fraction of sp³-hybridized carbons (Fsp3) is 0.588. The van der Waals surface area contributed by atoms with Gasteiger partial charge in [0.1, 0.15) is 5.82 Å². The average Bonchev–Trinajstić information content (AvgIpc) is 2.48. The number of carbonyl (C=O) groups excluding carboxylic acids is 1. The van der Waals surface area contributed by atoms with E-state index in [1.807, 2.05) is 4.90 Å². The number of ether oxygens (including phenoxy) is 1. The molecule has 21 heavy (non-hydrogen) atoms. The molecule has 1 fully saturated rings. The smallest absolute Gasteiger partial charge is 0.223 e. The molecule has 2 rings (SSSR count). The van der Waals surface area contributed by atoms with Crippen LogP contribution in [0.3, 0.4) is 0 Å². The van der Waals surface area contributed by atoms with Crippen LogP contribution in [0.15, 0.2) is 24.3 Å². The number of hydrogen-bond acceptors (Lipinski definition) is 2. The topological polar surface area (TPSA) is 29.5 Å². The van der Waals surface area contributed by atoms with Crippen LogP contribution in [0.25, 0.3) is 0 Å². The summed E-state index contributed by atoms with van der Waals surface area (Å²) < 4.78 is 18.4. The van der Waals surface area contributed by atoms with Crippen LogP contribution in [-0.4, -0.2) is 37.1 Å². The maximum absolute atomic E-state index is 13.1. The summed E-state index contributed by atoms with van der Waals surface area (Å²) in [6.07, 6.45) is 1.42. The van der Waals surface area contributed by atoms with E-state index in [2.05, 4.69) is 13.8 Å². The predicted octanol–water partition coefficient (Wildman–Crippen LogP) is 3.20. The Morgan fingerprint density at radius 3 is 2.43 bits per heavy atom. The quantitative estimate of drug-likeness (QED) is 0.834. The molecule has 0 bridgehead atoms. The van der Waals surface area contributed by atoms with Crippen molar-refractivity contribution in [3.63, 3.8) is 0 Å². The first-order valence-corrected chi connectivity index (χ1v) is 7.67. The standard InChI is InChI=1S/C17H24FNO2/c1-13(2)11-15(14-3-5-16(18)6-4-14)12-17(20)19-7-9-21-10-8-19/h3-6,13,15H,7-12H2,1-2H3.